The molecule has 7 heteroatoms. The number of nitrogens with zero attached hydrogens (tertiary/aromatic N) is 2. The number of carbonyl (C=O) groups excluding carboxylic acids is 1. The van der Waals surface area contributed by atoms with Crippen molar-refractivity contribution < 1.29 is 4.79 Å². The fraction of sp³-hybridized carbons (Fsp3) is 0.333. The Labute approximate surface area is 120 Å². The SMILES string of the molecule is CC(Cl)c1nc2ccc(Cl)cc2n1CCNC(N)=O. The van der Waals surface area contributed by atoms with Gasteiger partial charge >= 0.3 is 6.03 Å². The van der Waals surface area contributed by atoms with Crippen molar-refractivity contribution in [3.8, 4) is 0 Å². The fourth-order valence-electron chi connectivity index (χ4n) is 1.94. The van der Waals surface area contributed by atoms with Crippen molar-refractivity contribution in [1.29, 1.82) is 0 Å². The highest BCUT2D eigenvalue weighted by Gasteiger charge is 2.15. The van der Waals surface area contributed by atoms with Crippen LogP contribution in [0, 0.1) is 0 Å². The molecule has 5 nitrogen and oxygen atoms in total. The minimum Gasteiger partial charge on any atom is -0.352 e. The van der Waals surface area contributed by atoms with Gasteiger partial charge < -0.3 is 15.6 Å². The minimum atomic E-state index is -0.553. The molecule has 0 bridgehead atoms. The number of fused-ring (bicyclic) bond motifs is 1. The lowest BCUT2D eigenvalue weighted by Crippen LogP contribution is -2.32. The van der Waals surface area contributed by atoms with Crippen molar-refractivity contribution >= 4 is 40.3 Å². The number of alkyl halides is 1. The quantitative estimate of drug-likeness (QED) is 0.852. The van der Waals surface area contributed by atoms with Crippen molar-refractivity contribution in [2.24, 2.45) is 5.73 Å². The van der Waals surface area contributed by atoms with E-state index in [9.17, 15) is 4.79 Å². The van der Waals surface area contributed by atoms with Crippen molar-refractivity contribution in [2.45, 2.75) is 18.8 Å². The molecule has 0 fully saturated rings. The number of aromatic nitrogens is 2. The van der Waals surface area contributed by atoms with E-state index in [1.54, 1.807) is 6.07 Å². The molecule has 2 amide bonds. The second-order valence-electron chi connectivity index (χ2n) is 4.16. The van der Waals surface area contributed by atoms with Crippen LogP contribution in [0.2, 0.25) is 5.02 Å². The molecule has 2 rings (SSSR count). The highest BCUT2D eigenvalue weighted by molar-refractivity contribution is 6.31. The second kappa shape index (κ2) is 5.67. The normalized spacial score (nSPS) is 12.6. The first-order chi connectivity index (χ1) is 8.99. The Bertz CT molecular complexity index is 609. The molecular weight excluding hydrogens is 287 g/mol. The molecular formula is C12H14Cl2N4O. The van der Waals surface area contributed by atoms with Gasteiger partial charge in [0.05, 0.1) is 16.4 Å². The first kappa shape index (κ1) is 14.0. The van der Waals surface area contributed by atoms with Gasteiger partial charge in [0.25, 0.3) is 0 Å². The zero-order valence-electron chi connectivity index (χ0n) is 10.4. The van der Waals surface area contributed by atoms with Gasteiger partial charge in [0.15, 0.2) is 0 Å². The van der Waals surface area contributed by atoms with Gasteiger partial charge in [-0.2, -0.15) is 0 Å². The number of amides is 2. The van der Waals surface area contributed by atoms with Crippen LogP contribution in [0.25, 0.3) is 11.0 Å². The fourth-order valence-corrected chi connectivity index (χ4v) is 2.28. The number of nitrogens with two attached hydrogens (primary N) is 1. The molecule has 19 heavy (non-hydrogen) atoms. The van der Waals surface area contributed by atoms with E-state index in [1.165, 1.54) is 0 Å². The van der Waals surface area contributed by atoms with E-state index < -0.39 is 6.03 Å². The molecule has 0 saturated heterocycles. The average molecular weight is 301 g/mol. The summed E-state index contributed by atoms with van der Waals surface area (Å²) < 4.78 is 1.94. The number of carbonyl (C=O) groups is 1. The largest absolute Gasteiger partial charge is 0.352 e. The van der Waals surface area contributed by atoms with Gasteiger partial charge in [-0.15, -0.1) is 11.6 Å². The highest BCUT2D eigenvalue weighted by Crippen LogP contribution is 2.26. The van der Waals surface area contributed by atoms with Gasteiger partial charge in [-0.1, -0.05) is 11.6 Å². The summed E-state index contributed by atoms with van der Waals surface area (Å²) in [5, 5.41) is 2.94. The van der Waals surface area contributed by atoms with Gasteiger partial charge in [-0.25, -0.2) is 9.78 Å². The number of benzene rings is 1. The van der Waals surface area contributed by atoms with E-state index in [0.717, 1.165) is 16.9 Å². The summed E-state index contributed by atoms with van der Waals surface area (Å²) >= 11 is 12.1. The maximum atomic E-state index is 10.7. The Balaban J connectivity index is 2.39. The van der Waals surface area contributed by atoms with Gasteiger partial charge in [-0.05, 0) is 25.1 Å². The van der Waals surface area contributed by atoms with Crippen LogP contribution < -0.4 is 11.1 Å². The Morgan fingerprint density at radius 1 is 1.58 bits per heavy atom. The Morgan fingerprint density at radius 3 is 2.95 bits per heavy atom. The van der Waals surface area contributed by atoms with E-state index in [4.69, 9.17) is 28.9 Å². The molecule has 0 aliphatic heterocycles. The number of urea groups is 1. The third-order valence-corrected chi connectivity index (χ3v) is 3.16. The number of hydrogen-bond acceptors (Lipinski definition) is 2. The van der Waals surface area contributed by atoms with Crippen LogP contribution in [0.15, 0.2) is 18.2 Å². The molecule has 1 unspecified atom stereocenters. The van der Waals surface area contributed by atoms with Gasteiger partial charge in [0.2, 0.25) is 0 Å². The molecule has 0 saturated carbocycles. The van der Waals surface area contributed by atoms with Crippen LogP contribution >= 0.6 is 23.2 Å². The van der Waals surface area contributed by atoms with E-state index in [-0.39, 0.29) is 5.38 Å². The summed E-state index contributed by atoms with van der Waals surface area (Å²) in [6.07, 6.45) is 0. The summed E-state index contributed by atoms with van der Waals surface area (Å²) in [5.74, 6) is 0.741. The first-order valence-electron chi connectivity index (χ1n) is 5.82. The van der Waals surface area contributed by atoms with Crippen molar-refractivity contribution in [2.75, 3.05) is 6.54 Å². The zero-order chi connectivity index (χ0) is 14.0. The number of rotatable bonds is 4. The molecule has 0 radical (unpaired) electrons. The smallest absolute Gasteiger partial charge is 0.312 e. The van der Waals surface area contributed by atoms with E-state index >= 15 is 0 Å². The Hall–Kier alpha value is -1.46. The maximum absolute atomic E-state index is 10.7. The number of halogens is 2. The molecule has 0 aliphatic rings. The molecule has 102 valence electrons. The first-order valence-corrected chi connectivity index (χ1v) is 6.63. The van der Waals surface area contributed by atoms with Crippen LogP contribution in [-0.2, 0) is 6.54 Å². The van der Waals surface area contributed by atoms with Crippen LogP contribution in [0.4, 0.5) is 4.79 Å². The number of hydrogen-bond donors (Lipinski definition) is 2. The second-order valence-corrected chi connectivity index (χ2v) is 5.25. The van der Waals surface area contributed by atoms with E-state index in [0.29, 0.717) is 18.1 Å². The predicted octanol–water partition coefficient (Wildman–Crippen LogP) is 2.66. The summed E-state index contributed by atoms with van der Waals surface area (Å²) in [7, 11) is 0. The van der Waals surface area contributed by atoms with Crippen molar-refractivity contribution in [1.82, 2.24) is 14.9 Å². The topological polar surface area (TPSA) is 72.9 Å². The molecule has 2 aromatic rings. The molecule has 3 N–H and O–H groups in total. The van der Waals surface area contributed by atoms with Crippen LogP contribution in [0.5, 0.6) is 0 Å². The average Bonchev–Trinajstić information content (AvgIpc) is 2.67. The Morgan fingerprint density at radius 2 is 2.32 bits per heavy atom. The molecule has 1 aromatic carbocycles. The van der Waals surface area contributed by atoms with Crippen LogP contribution in [-0.4, -0.2) is 22.1 Å². The molecule has 1 heterocycles. The summed E-state index contributed by atoms with van der Waals surface area (Å²) in [6, 6.07) is 4.91. The number of primary amides is 1. The monoisotopic (exact) mass is 300 g/mol. The third kappa shape index (κ3) is 3.11. The van der Waals surface area contributed by atoms with E-state index in [2.05, 4.69) is 10.3 Å². The van der Waals surface area contributed by atoms with Crippen molar-refractivity contribution in [3.05, 3.63) is 29.0 Å². The van der Waals surface area contributed by atoms with Crippen molar-refractivity contribution in [3.63, 3.8) is 0 Å². The summed E-state index contributed by atoms with van der Waals surface area (Å²) in [4.78, 5) is 15.2. The Kier molecular flexibility index (Phi) is 4.17. The van der Waals surface area contributed by atoms with Crippen LogP contribution in [0.1, 0.15) is 18.1 Å². The summed E-state index contributed by atoms with van der Waals surface area (Å²) in [5.41, 5.74) is 6.76. The van der Waals surface area contributed by atoms with Gasteiger partial charge in [-0.3, -0.25) is 0 Å². The predicted molar refractivity (Wildman–Crippen MR) is 76.6 cm³/mol. The minimum absolute atomic E-state index is 0.236. The zero-order valence-corrected chi connectivity index (χ0v) is 11.9. The van der Waals surface area contributed by atoms with Crippen LogP contribution in [0.3, 0.4) is 0 Å². The lowest BCUT2D eigenvalue weighted by Gasteiger charge is -2.10. The third-order valence-electron chi connectivity index (χ3n) is 2.73. The standard InChI is InChI=1S/C12H14Cl2N4O/c1-7(13)11-17-9-3-2-8(14)6-10(9)18(11)5-4-16-12(15)19/h2-3,6-7H,4-5H2,1H3,(H3,15,16,19). The maximum Gasteiger partial charge on any atom is 0.312 e. The molecule has 1 aromatic heterocycles. The van der Waals surface area contributed by atoms with E-state index in [1.807, 2.05) is 23.6 Å². The highest BCUT2D eigenvalue weighted by atomic mass is 35.5. The lowest BCUT2D eigenvalue weighted by atomic mass is 10.3. The number of nitrogens with one attached hydrogen (secondary N) is 1. The molecule has 1 atom stereocenters. The molecule has 0 aliphatic carbocycles. The lowest BCUT2D eigenvalue weighted by molar-refractivity contribution is 0.248. The summed E-state index contributed by atoms with van der Waals surface area (Å²) in [6.45, 7) is 2.79. The molecule has 0 spiro atoms. The van der Waals surface area contributed by atoms with Gasteiger partial charge in [0.1, 0.15) is 5.82 Å². The van der Waals surface area contributed by atoms with Gasteiger partial charge in [0, 0.05) is 18.1 Å². The number of imidazole rings is 1.